The zero-order valence-electron chi connectivity index (χ0n) is 8.23. The number of aromatic nitrogens is 2. The number of terminal acetylenes is 1. The van der Waals surface area contributed by atoms with Gasteiger partial charge in [0, 0.05) is 19.2 Å². The lowest BCUT2D eigenvalue weighted by molar-refractivity contribution is -0.115. The van der Waals surface area contributed by atoms with Gasteiger partial charge in [0.25, 0.3) is 0 Å². The Morgan fingerprint density at radius 2 is 2.60 bits per heavy atom. The van der Waals surface area contributed by atoms with Crippen LogP contribution in [0.2, 0.25) is 0 Å². The van der Waals surface area contributed by atoms with Crippen LogP contribution in [0.5, 0.6) is 0 Å². The minimum atomic E-state index is -0.175. The summed E-state index contributed by atoms with van der Waals surface area (Å²) in [6.07, 6.45) is 6.81. The van der Waals surface area contributed by atoms with E-state index in [1.54, 1.807) is 12.3 Å². The molecule has 0 radical (unpaired) electrons. The summed E-state index contributed by atoms with van der Waals surface area (Å²) in [4.78, 5) is 11.3. The Morgan fingerprint density at radius 3 is 3.20 bits per heavy atom. The van der Waals surface area contributed by atoms with E-state index >= 15 is 0 Å². The van der Waals surface area contributed by atoms with Gasteiger partial charge in [-0.25, -0.2) is 4.68 Å². The van der Waals surface area contributed by atoms with Crippen molar-refractivity contribution in [2.24, 2.45) is 0 Å². The summed E-state index contributed by atoms with van der Waals surface area (Å²) in [6, 6.07) is 2.10. The van der Waals surface area contributed by atoms with Crippen molar-refractivity contribution in [2.75, 3.05) is 18.4 Å². The van der Waals surface area contributed by atoms with Crippen LogP contribution in [0.15, 0.2) is 12.3 Å². The van der Waals surface area contributed by atoms with E-state index in [-0.39, 0.29) is 12.3 Å². The number of hydrogen-bond donors (Lipinski definition) is 2. The first-order valence-electron chi connectivity index (χ1n) is 4.79. The number of carbonyl (C=O) groups is 1. The number of carbonyl (C=O) groups excluding carboxylic acids is 1. The summed E-state index contributed by atoms with van der Waals surface area (Å²) >= 11 is 0. The number of nitrogens with one attached hydrogen (secondary N) is 2. The van der Waals surface area contributed by atoms with Crippen LogP contribution in [0, 0.1) is 12.3 Å². The van der Waals surface area contributed by atoms with E-state index in [0.717, 1.165) is 13.1 Å². The van der Waals surface area contributed by atoms with E-state index in [4.69, 9.17) is 6.42 Å². The molecule has 78 valence electrons. The average molecular weight is 204 g/mol. The smallest absolute Gasteiger partial charge is 0.237 e. The lowest BCUT2D eigenvalue weighted by Gasteiger charge is -2.28. The third kappa shape index (κ3) is 2.00. The zero-order valence-corrected chi connectivity index (χ0v) is 8.23. The fourth-order valence-corrected chi connectivity index (χ4v) is 1.43. The maximum atomic E-state index is 11.3. The molecule has 1 amide bonds. The van der Waals surface area contributed by atoms with Gasteiger partial charge in [-0.3, -0.25) is 4.79 Å². The normalized spacial score (nSPS) is 15.4. The van der Waals surface area contributed by atoms with E-state index in [9.17, 15) is 4.79 Å². The zero-order chi connectivity index (χ0) is 10.7. The van der Waals surface area contributed by atoms with Crippen LogP contribution < -0.4 is 10.6 Å². The minimum absolute atomic E-state index is 0.0914. The van der Waals surface area contributed by atoms with Crippen LogP contribution in [0.1, 0.15) is 12.5 Å². The first kappa shape index (κ1) is 9.74. The van der Waals surface area contributed by atoms with Crippen molar-refractivity contribution in [1.82, 2.24) is 15.1 Å². The van der Waals surface area contributed by atoms with E-state index in [1.165, 1.54) is 0 Å². The van der Waals surface area contributed by atoms with Gasteiger partial charge in [-0.2, -0.15) is 5.10 Å². The molecule has 5 nitrogen and oxygen atoms in total. The molecule has 0 aromatic carbocycles. The Bertz CT molecular complexity index is 400. The molecule has 15 heavy (non-hydrogen) atoms. The van der Waals surface area contributed by atoms with Crippen molar-refractivity contribution < 1.29 is 4.79 Å². The van der Waals surface area contributed by atoms with Crippen LogP contribution in [-0.4, -0.2) is 28.8 Å². The van der Waals surface area contributed by atoms with Gasteiger partial charge >= 0.3 is 0 Å². The molecule has 2 rings (SSSR count). The molecule has 1 aliphatic rings. The fourth-order valence-electron chi connectivity index (χ4n) is 1.43. The van der Waals surface area contributed by atoms with Crippen molar-refractivity contribution in [1.29, 1.82) is 0 Å². The second kappa shape index (κ2) is 4.15. The third-order valence-corrected chi connectivity index (χ3v) is 2.31. The van der Waals surface area contributed by atoms with Crippen molar-refractivity contribution in [3.05, 3.63) is 12.3 Å². The molecular formula is C10H12N4O. The van der Waals surface area contributed by atoms with Gasteiger partial charge in [-0.1, -0.05) is 5.92 Å². The Balaban J connectivity index is 2.05. The first-order chi connectivity index (χ1) is 7.31. The first-order valence-corrected chi connectivity index (χ1v) is 4.79. The third-order valence-electron chi connectivity index (χ3n) is 2.31. The molecule has 2 N–H and O–H groups in total. The average Bonchev–Trinajstić information content (AvgIpc) is 2.51. The molecule has 0 bridgehead atoms. The van der Waals surface area contributed by atoms with Crippen molar-refractivity contribution in [3.8, 4) is 12.3 Å². The highest BCUT2D eigenvalue weighted by atomic mass is 16.1. The van der Waals surface area contributed by atoms with Gasteiger partial charge in [-0.15, -0.1) is 6.42 Å². The van der Waals surface area contributed by atoms with Gasteiger partial charge in [-0.05, 0) is 0 Å². The molecule has 0 unspecified atom stereocenters. The molecule has 1 aromatic rings. The van der Waals surface area contributed by atoms with E-state index in [2.05, 4.69) is 21.7 Å². The summed E-state index contributed by atoms with van der Waals surface area (Å²) in [5.41, 5.74) is 0. The molecule has 0 atom stereocenters. The molecule has 0 aliphatic carbocycles. The predicted octanol–water partition coefficient (Wildman–Crippen LogP) is -0.0108. The van der Waals surface area contributed by atoms with Crippen LogP contribution >= 0.6 is 0 Å². The van der Waals surface area contributed by atoms with Crippen LogP contribution in [-0.2, 0) is 4.79 Å². The highest BCUT2D eigenvalue weighted by Crippen LogP contribution is 2.17. The molecule has 1 aromatic heterocycles. The summed E-state index contributed by atoms with van der Waals surface area (Å²) < 4.78 is 1.81. The van der Waals surface area contributed by atoms with Crippen LogP contribution in [0.3, 0.4) is 0 Å². The van der Waals surface area contributed by atoms with Gasteiger partial charge in [0.05, 0.1) is 18.7 Å². The monoisotopic (exact) mass is 204 g/mol. The quantitative estimate of drug-likeness (QED) is 0.681. The summed E-state index contributed by atoms with van der Waals surface area (Å²) in [7, 11) is 0. The lowest BCUT2D eigenvalue weighted by atomic mass is 10.2. The minimum Gasteiger partial charge on any atom is -0.312 e. The number of amides is 1. The molecule has 2 heterocycles. The van der Waals surface area contributed by atoms with Crippen molar-refractivity contribution in [3.63, 3.8) is 0 Å². The molecular weight excluding hydrogens is 192 g/mol. The number of hydrogen-bond acceptors (Lipinski definition) is 3. The maximum absolute atomic E-state index is 11.3. The summed E-state index contributed by atoms with van der Waals surface area (Å²) in [5, 5.41) is 10.0. The highest BCUT2D eigenvalue weighted by Gasteiger charge is 2.21. The highest BCUT2D eigenvalue weighted by molar-refractivity contribution is 5.91. The molecule has 0 spiro atoms. The molecule has 0 saturated carbocycles. The standard InChI is InChI=1S/C10H12N4O/c1-2-3-10(15)13-9-4-5-12-14(9)8-6-11-7-8/h1,4-5,8,11H,3,6-7H2,(H,13,15). The second-order valence-electron chi connectivity index (χ2n) is 3.40. The van der Waals surface area contributed by atoms with Gasteiger partial charge < -0.3 is 10.6 Å². The molecule has 1 aliphatic heterocycles. The van der Waals surface area contributed by atoms with E-state index in [1.807, 2.05) is 4.68 Å². The van der Waals surface area contributed by atoms with Crippen molar-refractivity contribution in [2.45, 2.75) is 12.5 Å². The maximum Gasteiger partial charge on any atom is 0.237 e. The largest absolute Gasteiger partial charge is 0.312 e. The number of anilines is 1. The summed E-state index contributed by atoms with van der Waals surface area (Å²) in [6.45, 7) is 1.78. The molecule has 5 heteroatoms. The fraction of sp³-hybridized carbons (Fsp3) is 0.400. The second-order valence-corrected chi connectivity index (χ2v) is 3.40. The number of nitrogens with zero attached hydrogens (tertiary/aromatic N) is 2. The Kier molecular flexibility index (Phi) is 2.70. The van der Waals surface area contributed by atoms with Crippen LogP contribution in [0.4, 0.5) is 5.82 Å². The van der Waals surface area contributed by atoms with Gasteiger partial charge in [0.1, 0.15) is 5.82 Å². The molecule has 1 fully saturated rings. The SMILES string of the molecule is C#CCC(=O)Nc1ccnn1C1CNC1. The Hall–Kier alpha value is -1.80. The lowest BCUT2D eigenvalue weighted by Crippen LogP contribution is -2.44. The van der Waals surface area contributed by atoms with Gasteiger partial charge in [0.2, 0.25) is 5.91 Å². The van der Waals surface area contributed by atoms with Crippen molar-refractivity contribution >= 4 is 11.7 Å². The topological polar surface area (TPSA) is 59.0 Å². The van der Waals surface area contributed by atoms with E-state index in [0.29, 0.717) is 11.9 Å². The van der Waals surface area contributed by atoms with Crippen LogP contribution in [0.25, 0.3) is 0 Å². The van der Waals surface area contributed by atoms with E-state index < -0.39 is 0 Å². The Labute approximate surface area is 87.8 Å². The summed E-state index contributed by atoms with van der Waals surface area (Å²) in [5.74, 6) is 2.84. The number of rotatable bonds is 3. The predicted molar refractivity (Wildman–Crippen MR) is 56.2 cm³/mol. The van der Waals surface area contributed by atoms with Gasteiger partial charge in [0.15, 0.2) is 0 Å². The Morgan fingerprint density at radius 1 is 1.80 bits per heavy atom. The molecule has 1 saturated heterocycles.